The third kappa shape index (κ3) is 3.20. The standard InChI is InChI=1S/C18H15BrN2O2S/c1-2-11-4-3-5-13(8-11)21-17(23)15(20-18(21)24)10-12-6-7-16(22)14(19)9-12/h3-10,22H,2H2,1H3,(H,20,24)/b15-10+. The zero-order valence-electron chi connectivity index (χ0n) is 12.9. The van der Waals surface area contributed by atoms with Crippen molar-refractivity contribution in [1.29, 1.82) is 0 Å². The molecule has 2 aromatic rings. The molecule has 0 unspecified atom stereocenters. The number of halogens is 1. The molecule has 0 spiro atoms. The van der Waals surface area contributed by atoms with Gasteiger partial charge in [-0.15, -0.1) is 0 Å². The van der Waals surface area contributed by atoms with E-state index in [-0.39, 0.29) is 11.7 Å². The van der Waals surface area contributed by atoms with Gasteiger partial charge in [-0.1, -0.05) is 25.1 Å². The Morgan fingerprint density at radius 1 is 1.29 bits per heavy atom. The first-order chi connectivity index (χ1) is 11.5. The number of anilines is 1. The number of nitrogens with zero attached hydrogens (tertiary/aromatic N) is 1. The van der Waals surface area contributed by atoms with E-state index in [1.165, 1.54) is 4.90 Å². The number of rotatable bonds is 3. The van der Waals surface area contributed by atoms with Crippen LogP contribution in [0.25, 0.3) is 6.08 Å². The lowest BCUT2D eigenvalue weighted by atomic mass is 10.1. The van der Waals surface area contributed by atoms with Crippen molar-refractivity contribution in [3.05, 3.63) is 63.8 Å². The van der Waals surface area contributed by atoms with E-state index in [0.29, 0.717) is 15.3 Å². The van der Waals surface area contributed by atoms with E-state index in [1.807, 2.05) is 24.3 Å². The van der Waals surface area contributed by atoms with Gasteiger partial charge < -0.3 is 10.4 Å². The van der Waals surface area contributed by atoms with Crippen LogP contribution in [0.4, 0.5) is 5.69 Å². The predicted octanol–water partition coefficient (Wildman–Crippen LogP) is 3.98. The summed E-state index contributed by atoms with van der Waals surface area (Å²) < 4.78 is 0.567. The summed E-state index contributed by atoms with van der Waals surface area (Å²) in [5.74, 6) is -0.0474. The van der Waals surface area contributed by atoms with Crippen molar-refractivity contribution in [2.75, 3.05) is 4.90 Å². The van der Waals surface area contributed by atoms with Crippen LogP contribution < -0.4 is 10.2 Å². The van der Waals surface area contributed by atoms with E-state index in [2.05, 4.69) is 28.2 Å². The Kier molecular flexibility index (Phi) is 4.69. The van der Waals surface area contributed by atoms with Crippen LogP contribution in [0.15, 0.2) is 52.6 Å². The van der Waals surface area contributed by atoms with Crippen LogP contribution in [0.3, 0.4) is 0 Å². The summed E-state index contributed by atoms with van der Waals surface area (Å²) in [5.41, 5.74) is 3.08. The summed E-state index contributed by atoms with van der Waals surface area (Å²) in [6.07, 6.45) is 2.60. The maximum atomic E-state index is 12.7. The first kappa shape index (κ1) is 16.7. The van der Waals surface area contributed by atoms with Gasteiger partial charge in [0, 0.05) is 0 Å². The molecule has 0 aliphatic carbocycles. The molecule has 1 aliphatic rings. The van der Waals surface area contributed by atoms with E-state index >= 15 is 0 Å². The van der Waals surface area contributed by atoms with Crippen molar-refractivity contribution in [3.8, 4) is 5.75 Å². The first-order valence-electron chi connectivity index (χ1n) is 7.44. The topological polar surface area (TPSA) is 52.6 Å². The number of carbonyl (C=O) groups excluding carboxylic acids is 1. The molecule has 122 valence electrons. The number of hydrogen-bond acceptors (Lipinski definition) is 3. The third-order valence-electron chi connectivity index (χ3n) is 3.74. The molecule has 1 aliphatic heterocycles. The Bertz CT molecular complexity index is 864. The van der Waals surface area contributed by atoms with Crippen LogP contribution in [0.2, 0.25) is 0 Å². The predicted molar refractivity (Wildman–Crippen MR) is 103 cm³/mol. The van der Waals surface area contributed by atoms with Crippen molar-refractivity contribution in [1.82, 2.24) is 5.32 Å². The fourth-order valence-corrected chi connectivity index (χ4v) is 3.16. The highest BCUT2D eigenvalue weighted by Crippen LogP contribution is 2.27. The number of aromatic hydroxyl groups is 1. The number of hydrogen-bond donors (Lipinski definition) is 2. The minimum absolute atomic E-state index is 0.149. The van der Waals surface area contributed by atoms with Crippen LogP contribution in [-0.4, -0.2) is 16.1 Å². The number of amides is 1. The molecule has 1 amide bonds. The van der Waals surface area contributed by atoms with E-state index in [9.17, 15) is 9.90 Å². The molecule has 2 aromatic carbocycles. The number of thiocarbonyl (C=S) groups is 1. The lowest BCUT2D eigenvalue weighted by molar-refractivity contribution is -0.113. The zero-order chi connectivity index (χ0) is 17.3. The molecule has 6 heteroatoms. The van der Waals surface area contributed by atoms with E-state index < -0.39 is 0 Å². The fourth-order valence-electron chi connectivity index (χ4n) is 2.46. The van der Waals surface area contributed by atoms with Gasteiger partial charge in [0.1, 0.15) is 11.4 Å². The molecule has 0 aromatic heterocycles. The minimum atomic E-state index is -0.197. The fraction of sp³-hybridized carbons (Fsp3) is 0.111. The molecule has 2 N–H and O–H groups in total. The largest absolute Gasteiger partial charge is 0.507 e. The molecule has 3 rings (SSSR count). The molecule has 4 nitrogen and oxygen atoms in total. The molecule has 0 saturated carbocycles. The van der Waals surface area contributed by atoms with E-state index in [0.717, 1.165) is 23.2 Å². The average Bonchev–Trinajstić information content (AvgIpc) is 2.85. The van der Waals surface area contributed by atoms with Crippen LogP contribution in [0.1, 0.15) is 18.1 Å². The van der Waals surface area contributed by atoms with Crippen molar-refractivity contribution < 1.29 is 9.90 Å². The minimum Gasteiger partial charge on any atom is -0.507 e. The number of phenols is 1. The van der Waals surface area contributed by atoms with Crippen molar-refractivity contribution in [2.45, 2.75) is 13.3 Å². The lowest BCUT2D eigenvalue weighted by Gasteiger charge is -2.14. The normalized spacial score (nSPS) is 15.9. The summed E-state index contributed by atoms with van der Waals surface area (Å²) in [7, 11) is 0. The van der Waals surface area contributed by atoms with Gasteiger partial charge >= 0.3 is 0 Å². The molecule has 0 atom stereocenters. The van der Waals surface area contributed by atoms with Crippen molar-refractivity contribution in [2.24, 2.45) is 0 Å². The summed E-state index contributed by atoms with van der Waals surface area (Å²) >= 11 is 8.59. The van der Waals surface area contributed by atoms with Gasteiger partial charge in [-0.25, -0.2) is 0 Å². The van der Waals surface area contributed by atoms with Gasteiger partial charge in [0.15, 0.2) is 5.11 Å². The number of phenolic OH excluding ortho intramolecular Hbond substituents is 1. The molecule has 0 bridgehead atoms. The number of carbonyl (C=O) groups is 1. The Hall–Kier alpha value is -2.18. The smallest absolute Gasteiger partial charge is 0.281 e. The van der Waals surface area contributed by atoms with Gasteiger partial charge in [-0.3, -0.25) is 9.69 Å². The van der Waals surface area contributed by atoms with Gasteiger partial charge in [0.05, 0.1) is 10.2 Å². The molecule has 0 radical (unpaired) electrons. The number of nitrogens with one attached hydrogen (secondary N) is 1. The Balaban J connectivity index is 1.93. The molecule has 1 saturated heterocycles. The van der Waals surface area contributed by atoms with Gasteiger partial charge in [-0.05, 0) is 76.0 Å². The van der Waals surface area contributed by atoms with Gasteiger partial charge in [0.2, 0.25) is 0 Å². The van der Waals surface area contributed by atoms with Crippen LogP contribution in [0, 0.1) is 0 Å². The molecule has 1 fully saturated rings. The monoisotopic (exact) mass is 402 g/mol. The second-order valence-electron chi connectivity index (χ2n) is 5.36. The van der Waals surface area contributed by atoms with Gasteiger partial charge in [-0.2, -0.15) is 0 Å². The zero-order valence-corrected chi connectivity index (χ0v) is 15.3. The molecule has 1 heterocycles. The van der Waals surface area contributed by atoms with Crippen molar-refractivity contribution >= 4 is 50.9 Å². The van der Waals surface area contributed by atoms with Gasteiger partial charge in [0.25, 0.3) is 5.91 Å². The lowest BCUT2D eigenvalue weighted by Crippen LogP contribution is -2.30. The summed E-state index contributed by atoms with van der Waals surface area (Å²) in [6.45, 7) is 2.06. The van der Waals surface area contributed by atoms with E-state index in [4.69, 9.17) is 12.2 Å². The van der Waals surface area contributed by atoms with Crippen molar-refractivity contribution in [3.63, 3.8) is 0 Å². The highest BCUT2D eigenvalue weighted by atomic mass is 79.9. The SMILES string of the molecule is CCc1cccc(N2C(=O)/C(=C\c3ccc(O)c(Br)c3)NC2=S)c1. The quantitative estimate of drug-likeness (QED) is 0.602. The third-order valence-corrected chi connectivity index (χ3v) is 4.66. The molecule has 24 heavy (non-hydrogen) atoms. The first-order valence-corrected chi connectivity index (χ1v) is 8.64. The molecular formula is C18H15BrN2O2S. The van der Waals surface area contributed by atoms with E-state index in [1.54, 1.807) is 24.3 Å². The second-order valence-corrected chi connectivity index (χ2v) is 6.60. The highest BCUT2D eigenvalue weighted by molar-refractivity contribution is 9.10. The Morgan fingerprint density at radius 3 is 2.79 bits per heavy atom. The van der Waals surface area contributed by atoms with Crippen LogP contribution in [0.5, 0.6) is 5.75 Å². The van der Waals surface area contributed by atoms with Crippen LogP contribution in [-0.2, 0) is 11.2 Å². The van der Waals surface area contributed by atoms with Crippen LogP contribution >= 0.6 is 28.1 Å². The summed E-state index contributed by atoms with van der Waals surface area (Å²) in [5, 5.41) is 12.9. The molecular weight excluding hydrogens is 388 g/mol. The highest BCUT2D eigenvalue weighted by Gasteiger charge is 2.31. The summed E-state index contributed by atoms with van der Waals surface area (Å²) in [4.78, 5) is 14.2. The second kappa shape index (κ2) is 6.75. The summed E-state index contributed by atoms with van der Waals surface area (Å²) in [6, 6.07) is 12.8. The Labute approximate surface area is 153 Å². The maximum Gasteiger partial charge on any atom is 0.281 e. The maximum absolute atomic E-state index is 12.7. The number of benzene rings is 2. The average molecular weight is 403 g/mol. The Morgan fingerprint density at radius 2 is 2.08 bits per heavy atom. The number of aryl methyl sites for hydroxylation is 1.